The number of nitro benzene ring substituents is 1. The minimum Gasteiger partial charge on any atom is -0.490 e. The Bertz CT molecular complexity index is 884. The monoisotopic (exact) mass is 329 g/mol. The minimum atomic E-state index is -0.494. The number of aldehydes is 1. The third-order valence-electron chi connectivity index (χ3n) is 3.27. The molecule has 0 N–H and O–H groups in total. The number of hydrogen-bond acceptors (Lipinski definition) is 6. The number of carbonyl (C=O) groups is 1. The molecule has 23 heavy (non-hydrogen) atoms. The van der Waals surface area contributed by atoms with Crippen molar-refractivity contribution in [2.45, 2.75) is 0 Å². The molecule has 0 radical (unpaired) electrons. The minimum absolute atomic E-state index is 0.117. The SMILES string of the molecule is COc1ccc(-c2csc(-n3cccc3C=O)n2)cc1[N+](=O)[O-]. The zero-order chi connectivity index (χ0) is 16.4. The summed E-state index contributed by atoms with van der Waals surface area (Å²) < 4.78 is 6.66. The van der Waals surface area contributed by atoms with E-state index in [1.165, 1.54) is 24.5 Å². The van der Waals surface area contributed by atoms with E-state index in [2.05, 4.69) is 4.98 Å². The molecule has 0 aliphatic carbocycles. The highest BCUT2D eigenvalue weighted by molar-refractivity contribution is 7.12. The number of aromatic nitrogens is 2. The highest BCUT2D eigenvalue weighted by Gasteiger charge is 2.17. The summed E-state index contributed by atoms with van der Waals surface area (Å²) in [5.41, 5.74) is 1.59. The molecule has 7 nitrogen and oxygen atoms in total. The molecule has 0 fully saturated rings. The van der Waals surface area contributed by atoms with Crippen molar-refractivity contribution in [3.05, 3.63) is 57.7 Å². The van der Waals surface area contributed by atoms with Crippen molar-refractivity contribution >= 4 is 23.3 Å². The van der Waals surface area contributed by atoms with Crippen molar-refractivity contribution in [1.29, 1.82) is 0 Å². The smallest absolute Gasteiger partial charge is 0.311 e. The van der Waals surface area contributed by atoms with Gasteiger partial charge < -0.3 is 4.74 Å². The Morgan fingerprint density at radius 3 is 2.91 bits per heavy atom. The van der Waals surface area contributed by atoms with Crippen molar-refractivity contribution in [1.82, 2.24) is 9.55 Å². The summed E-state index contributed by atoms with van der Waals surface area (Å²) in [5, 5.41) is 13.5. The third kappa shape index (κ3) is 2.71. The van der Waals surface area contributed by atoms with Crippen LogP contribution < -0.4 is 4.74 Å². The summed E-state index contributed by atoms with van der Waals surface area (Å²) in [6.07, 6.45) is 2.49. The van der Waals surface area contributed by atoms with Crippen LogP contribution >= 0.6 is 11.3 Å². The molecule has 0 saturated carbocycles. The van der Waals surface area contributed by atoms with E-state index in [1.54, 1.807) is 40.4 Å². The Labute approximate surface area is 134 Å². The van der Waals surface area contributed by atoms with Crippen molar-refractivity contribution in [3.8, 4) is 22.1 Å². The molecule has 0 aliphatic rings. The molecule has 0 bridgehead atoms. The number of nitrogens with zero attached hydrogens (tertiary/aromatic N) is 3. The first-order valence-electron chi connectivity index (χ1n) is 6.55. The van der Waals surface area contributed by atoms with E-state index in [9.17, 15) is 14.9 Å². The lowest BCUT2D eigenvalue weighted by atomic mass is 10.1. The fourth-order valence-corrected chi connectivity index (χ4v) is 3.00. The van der Waals surface area contributed by atoms with Crippen LogP contribution in [0.2, 0.25) is 0 Å². The second-order valence-corrected chi connectivity index (χ2v) is 5.42. The number of carbonyl (C=O) groups excluding carboxylic acids is 1. The van der Waals surface area contributed by atoms with E-state index in [1.807, 2.05) is 0 Å². The molecule has 1 aromatic carbocycles. The number of methoxy groups -OCH3 is 1. The normalized spacial score (nSPS) is 10.5. The lowest BCUT2D eigenvalue weighted by Gasteiger charge is -2.03. The van der Waals surface area contributed by atoms with E-state index < -0.39 is 4.92 Å². The molecule has 2 aromatic heterocycles. The van der Waals surface area contributed by atoms with Crippen LogP contribution in [0, 0.1) is 10.1 Å². The molecular weight excluding hydrogens is 318 g/mol. The van der Waals surface area contributed by atoms with Crippen LogP contribution in [0.3, 0.4) is 0 Å². The standard InChI is InChI=1S/C15H11N3O4S/c1-22-14-5-4-10(7-13(14)18(20)21)12-9-23-15(16-12)17-6-2-3-11(17)8-19/h2-9H,1H3. The Balaban J connectivity index is 2.02. The van der Waals surface area contributed by atoms with Gasteiger partial charge in [0, 0.05) is 23.2 Å². The summed E-state index contributed by atoms with van der Waals surface area (Å²) in [5.74, 6) is 0.197. The van der Waals surface area contributed by atoms with Gasteiger partial charge in [-0.3, -0.25) is 19.5 Å². The Morgan fingerprint density at radius 1 is 1.39 bits per heavy atom. The highest BCUT2D eigenvalue weighted by atomic mass is 32.1. The van der Waals surface area contributed by atoms with Crippen LogP contribution in [0.4, 0.5) is 5.69 Å². The first-order chi connectivity index (χ1) is 11.1. The van der Waals surface area contributed by atoms with Gasteiger partial charge in [0.2, 0.25) is 0 Å². The number of benzene rings is 1. The Hall–Kier alpha value is -3.00. The number of hydrogen-bond donors (Lipinski definition) is 0. The maximum absolute atomic E-state index is 11.1. The molecule has 8 heteroatoms. The molecule has 2 heterocycles. The summed E-state index contributed by atoms with van der Waals surface area (Å²) in [6, 6.07) is 8.11. The Morgan fingerprint density at radius 2 is 2.22 bits per heavy atom. The van der Waals surface area contributed by atoms with Gasteiger partial charge in [0.25, 0.3) is 0 Å². The van der Waals surface area contributed by atoms with Crippen LogP contribution in [0.1, 0.15) is 10.5 Å². The number of rotatable bonds is 5. The fraction of sp³-hybridized carbons (Fsp3) is 0.0667. The van der Waals surface area contributed by atoms with Crippen LogP contribution in [-0.4, -0.2) is 27.9 Å². The number of ether oxygens (including phenoxy) is 1. The second kappa shape index (κ2) is 6.01. The molecule has 3 aromatic rings. The predicted octanol–water partition coefficient (Wildman–Crippen LogP) is 3.33. The van der Waals surface area contributed by atoms with Crippen LogP contribution in [0.25, 0.3) is 16.4 Å². The van der Waals surface area contributed by atoms with E-state index in [0.29, 0.717) is 22.1 Å². The zero-order valence-electron chi connectivity index (χ0n) is 12.0. The van der Waals surface area contributed by atoms with Gasteiger partial charge in [-0.2, -0.15) is 0 Å². The van der Waals surface area contributed by atoms with Gasteiger partial charge in [-0.25, -0.2) is 4.98 Å². The molecule has 3 rings (SSSR count). The summed E-state index contributed by atoms with van der Waals surface area (Å²) >= 11 is 1.35. The third-order valence-corrected chi connectivity index (χ3v) is 4.11. The van der Waals surface area contributed by atoms with Crippen LogP contribution in [-0.2, 0) is 0 Å². The van der Waals surface area contributed by atoms with Gasteiger partial charge in [0.15, 0.2) is 17.2 Å². The van der Waals surface area contributed by atoms with Crippen molar-refractivity contribution in [2.75, 3.05) is 7.11 Å². The number of thiazole rings is 1. The molecule has 0 spiro atoms. The topological polar surface area (TPSA) is 87.3 Å². The van der Waals surface area contributed by atoms with Crippen molar-refractivity contribution in [3.63, 3.8) is 0 Å². The Kier molecular flexibility index (Phi) is 3.90. The van der Waals surface area contributed by atoms with Crippen molar-refractivity contribution < 1.29 is 14.5 Å². The average molecular weight is 329 g/mol. The quantitative estimate of drug-likeness (QED) is 0.407. The molecule has 116 valence electrons. The van der Waals surface area contributed by atoms with Gasteiger partial charge in [-0.1, -0.05) is 0 Å². The second-order valence-electron chi connectivity index (χ2n) is 4.58. The van der Waals surface area contributed by atoms with Gasteiger partial charge >= 0.3 is 5.69 Å². The van der Waals surface area contributed by atoms with Crippen LogP contribution in [0.15, 0.2) is 41.9 Å². The van der Waals surface area contributed by atoms with E-state index in [-0.39, 0.29) is 11.4 Å². The van der Waals surface area contributed by atoms with Gasteiger partial charge in [0.1, 0.15) is 0 Å². The fourth-order valence-electron chi connectivity index (χ4n) is 2.16. The molecule has 0 aliphatic heterocycles. The first kappa shape index (κ1) is 14.9. The maximum atomic E-state index is 11.1. The largest absolute Gasteiger partial charge is 0.490 e. The lowest BCUT2D eigenvalue weighted by molar-refractivity contribution is -0.385. The molecule has 0 saturated heterocycles. The van der Waals surface area contributed by atoms with E-state index in [4.69, 9.17) is 4.74 Å². The van der Waals surface area contributed by atoms with Crippen molar-refractivity contribution in [2.24, 2.45) is 0 Å². The summed E-state index contributed by atoms with van der Waals surface area (Å²) in [4.78, 5) is 26.1. The van der Waals surface area contributed by atoms with Gasteiger partial charge in [-0.05, 0) is 24.3 Å². The number of nitro groups is 1. The first-order valence-corrected chi connectivity index (χ1v) is 7.43. The molecule has 0 amide bonds. The average Bonchev–Trinajstić information content (AvgIpc) is 3.22. The zero-order valence-corrected chi connectivity index (χ0v) is 12.8. The predicted molar refractivity (Wildman–Crippen MR) is 85.5 cm³/mol. The van der Waals surface area contributed by atoms with Gasteiger partial charge in [0.05, 0.1) is 23.4 Å². The lowest BCUT2D eigenvalue weighted by Crippen LogP contribution is -1.97. The van der Waals surface area contributed by atoms with Crippen LogP contribution in [0.5, 0.6) is 5.75 Å². The molecular formula is C15H11N3O4S. The molecule has 0 atom stereocenters. The van der Waals surface area contributed by atoms with Gasteiger partial charge in [-0.15, -0.1) is 11.3 Å². The molecule has 0 unspecified atom stereocenters. The summed E-state index contributed by atoms with van der Waals surface area (Å²) in [7, 11) is 1.38. The highest BCUT2D eigenvalue weighted by Crippen LogP contribution is 2.33. The summed E-state index contributed by atoms with van der Waals surface area (Å²) in [6.45, 7) is 0. The van der Waals surface area contributed by atoms with E-state index >= 15 is 0 Å². The van der Waals surface area contributed by atoms with E-state index in [0.717, 1.165) is 6.29 Å². The maximum Gasteiger partial charge on any atom is 0.311 e.